The largest absolute Gasteiger partial charge is 0.350 e. The molecule has 0 spiro atoms. The Bertz CT molecular complexity index is 957. The first kappa shape index (κ1) is 18.3. The molecule has 0 saturated carbocycles. The number of nitrogens with one attached hydrogen (secondary N) is 2. The summed E-state index contributed by atoms with van der Waals surface area (Å²) in [6.07, 6.45) is 0.518. The topological polar surface area (TPSA) is 101 Å². The molecule has 1 atom stereocenters. The number of aryl methyl sites for hydroxylation is 3. The summed E-state index contributed by atoms with van der Waals surface area (Å²) in [5.41, 5.74) is 3.81. The number of anilines is 2. The van der Waals surface area contributed by atoms with Crippen LogP contribution in [0.25, 0.3) is 0 Å². The molecule has 2 heterocycles. The summed E-state index contributed by atoms with van der Waals surface area (Å²) in [6, 6.07) is 7.08. The van der Waals surface area contributed by atoms with Crippen molar-refractivity contribution in [2.75, 3.05) is 22.1 Å². The number of carbonyl (C=O) groups is 1. The zero-order valence-corrected chi connectivity index (χ0v) is 15.9. The number of amides is 1. The van der Waals surface area contributed by atoms with Gasteiger partial charge < -0.3 is 10.6 Å². The molecule has 2 N–H and O–H groups in total. The lowest BCUT2D eigenvalue weighted by Crippen LogP contribution is -2.23. The lowest BCUT2D eigenvalue weighted by molar-refractivity contribution is 0.102. The third kappa shape index (κ3) is 4.37. The van der Waals surface area contributed by atoms with E-state index in [-0.39, 0.29) is 35.1 Å². The van der Waals surface area contributed by atoms with Crippen LogP contribution in [0.4, 0.5) is 11.6 Å². The standard InChI is InChI=1S/C18H22N4O3S/c1-11-4-5-14(8-12(11)2)20-17(23)16-9-13(3)19-18(22-16)21-15-6-7-26(24,25)10-15/h4-5,8-9,15H,6-7,10H2,1-3H3,(H,20,23)(H,19,21,22). The maximum atomic E-state index is 12.5. The Morgan fingerprint density at radius 1 is 1.12 bits per heavy atom. The van der Waals surface area contributed by atoms with Crippen molar-refractivity contribution in [1.29, 1.82) is 0 Å². The second-order valence-corrected chi connectivity index (χ2v) is 8.94. The van der Waals surface area contributed by atoms with Crippen LogP contribution in [-0.2, 0) is 9.84 Å². The van der Waals surface area contributed by atoms with Gasteiger partial charge in [0.1, 0.15) is 5.69 Å². The summed E-state index contributed by atoms with van der Waals surface area (Å²) in [4.78, 5) is 21.0. The molecule has 8 heteroatoms. The molecule has 3 rings (SSSR count). The van der Waals surface area contributed by atoms with Gasteiger partial charge in [-0.05, 0) is 56.5 Å². The monoisotopic (exact) mass is 374 g/mol. The number of hydrogen-bond acceptors (Lipinski definition) is 6. The van der Waals surface area contributed by atoms with Crippen molar-refractivity contribution in [3.63, 3.8) is 0 Å². The van der Waals surface area contributed by atoms with E-state index in [0.717, 1.165) is 11.1 Å². The van der Waals surface area contributed by atoms with Crippen LogP contribution in [0.15, 0.2) is 24.3 Å². The van der Waals surface area contributed by atoms with Gasteiger partial charge in [0.15, 0.2) is 9.84 Å². The van der Waals surface area contributed by atoms with Crippen LogP contribution >= 0.6 is 0 Å². The predicted octanol–water partition coefficient (Wildman–Crippen LogP) is 2.25. The normalized spacial score (nSPS) is 18.5. The van der Waals surface area contributed by atoms with Gasteiger partial charge >= 0.3 is 0 Å². The number of benzene rings is 1. The molecular weight excluding hydrogens is 352 g/mol. The average Bonchev–Trinajstić information content (AvgIpc) is 2.89. The van der Waals surface area contributed by atoms with E-state index in [0.29, 0.717) is 17.8 Å². The SMILES string of the molecule is Cc1cc(C(=O)Nc2ccc(C)c(C)c2)nc(NC2CCS(=O)(=O)C2)n1. The third-order valence-electron chi connectivity index (χ3n) is 4.42. The summed E-state index contributed by atoms with van der Waals surface area (Å²) >= 11 is 0. The van der Waals surface area contributed by atoms with E-state index in [4.69, 9.17) is 0 Å². The highest BCUT2D eigenvalue weighted by molar-refractivity contribution is 7.91. The number of aromatic nitrogens is 2. The zero-order chi connectivity index (χ0) is 18.9. The van der Waals surface area contributed by atoms with Crippen LogP contribution in [-0.4, -0.2) is 41.8 Å². The van der Waals surface area contributed by atoms with Gasteiger partial charge in [0.25, 0.3) is 5.91 Å². The van der Waals surface area contributed by atoms with Gasteiger partial charge in [-0.1, -0.05) is 6.07 Å². The van der Waals surface area contributed by atoms with E-state index >= 15 is 0 Å². The van der Waals surface area contributed by atoms with Crippen LogP contribution < -0.4 is 10.6 Å². The van der Waals surface area contributed by atoms with Gasteiger partial charge in [-0.3, -0.25) is 4.79 Å². The first-order chi connectivity index (χ1) is 12.2. The minimum Gasteiger partial charge on any atom is -0.350 e. The number of nitrogens with zero attached hydrogens (tertiary/aromatic N) is 2. The van der Waals surface area contributed by atoms with Crippen molar-refractivity contribution in [1.82, 2.24) is 9.97 Å². The highest BCUT2D eigenvalue weighted by Gasteiger charge is 2.28. The molecule has 0 radical (unpaired) electrons. The fourth-order valence-electron chi connectivity index (χ4n) is 2.86. The quantitative estimate of drug-likeness (QED) is 0.851. The summed E-state index contributed by atoms with van der Waals surface area (Å²) in [7, 11) is -3.00. The van der Waals surface area contributed by atoms with Crippen molar-refractivity contribution in [2.24, 2.45) is 0 Å². The highest BCUT2D eigenvalue weighted by atomic mass is 32.2. The minimum absolute atomic E-state index is 0.0640. The van der Waals surface area contributed by atoms with Gasteiger partial charge in [0, 0.05) is 17.4 Å². The number of carbonyl (C=O) groups excluding carboxylic acids is 1. The Morgan fingerprint density at radius 2 is 1.88 bits per heavy atom. The molecule has 1 aromatic heterocycles. The Morgan fingerprint density at radius 3 is 2.54 bits per heavy atom. The molecule has 1 amide bonds. The molecule has 0 bridgehead atoms. The fraction of sp³-hybridized carbons (Fsp3) is 0.389. The molecule has 2 aromatic rings. The first-order valence-electron chi connectivity index (χ1n) is 8.43. The maximum Gasteiger partial charge on any atom is 0.274 e. The van der Waals surface area contributed by atoms with Crippen LogP contribution in [0.3, 0.4) is 0 Å². The van der Waals surface area contributed by atoms with Crippen molar-refractivity contribution in [3.8, 4) is 0 Å². The fourth-order valence-corrected chi connectivity index (χ4v) is 4.53. The lowest BCUT2D eigenvalue weighted by atomic mass is 10.1. The van der Waals surface area contributed by atoms with Gasteiger partial charge in [0.2, 0.25) is 5.95 Å². The Balaban J connectivity index is 1.76. The van der Waals surface area contributed by atoms with Crippen LogP contribution in [0, 0.1) is 20.8 Å². The van der Waals surface area contributed by atoms with Gasteiger partial charge in [-0.25, -0.2) is 18.4 Å². The molecule has 26 heavy (non-hydrogen) atoms. The predicted molar refractivity (Wildman–Crippen MR) is 101 cm³/mol. The Kier molecular flexibility index (Phi) is 4.95. The van der Waals surface area contributed by atoms with Crippen LogP contribution in [0.1, 0.15) is 33.7 Å². The van der Waals surface area contributed by atoms with Crippen molar-refractivity contribution in [2.45, 2.75) is 33.2 Å². The Hall–Kier alpha value is -2.48. The molecule has 0 aliphatic carbocycles. The summed E-state index contributed by atoms with van der Waals surface area (Å²) in [6.45, 7) is 5.76. The van der Waals surface area contributed by atoms with Gasteiger partial charge in [0.05, 0.1) is 11.5 Å². The molecule has 7 nitrogen and oxygen atoms in total. The highest BCUT2D eigenvalue weighted by Crippen LogP contribution is 2.17. The first-order valence-corrected chi connectivity index (χ1v) is 10.3. The molecule has 1 fully saturated rings. The second kappa shape index (κ2) is 7.03. The molecule has 1 aromatic carbocycles. The molecule has 1 aliphatic heterocycles. The average molecular weight is 374 g/mol. The van der Waals surface area contributed by atoms with Gasteiger partial charge in [-0.2, -0.15) is 0 Å². The van der Waals surface area contributed by atoms with E-state index in [9.17, 15) is 13.2 Å². The van der Waals surface area contributed by atoms with Crippen molar-refractivity contribution < 1.29 is 13.2 Å². The Labute approximate surface area is 153 Å². The lowest BCUT2D eigenvalue weighted by Gasteiger charge is -2.13. The van der Waals surface area contributed by atoms with E-state index in [1.807, 2.05) is 32.0 Å². The molecule has 1 saturated heterocycles. The molecule has 1 unspecified atom stereocenters. The van der Waals surface area contributed by atoms with Crippen molar-refractivity contribution >= 4 is 27.4 Å². The molecular formula is C18H22N4O3S. The summed E-state index contributed by atoms with van der Waals surface area (Å²) in [5.74, 6) is 0.170. The molecule has 138 valence electrons. The maximum absolute atomic E-state index is 12.5. The minimum atomic E-state index is -3.00. The molecule has 1 aliphatic rings. The third-order valence-corrected chi connectivity index (χ3v) is 6.19. The van der Waals surface area contributed by atoms with Crippen LogP contribution in [0.5, 0.6) is 0 Å². The van der Waals surface area contributed by atoms with Gasteiger partial charge in [-0.15, -0.1) is 0 Å². The number of sulfone groups is 1. The zero-order valence-electron chi connectivity index (χ0n) is 15.0. The summed E-state index contributed by atoms with van der Waals surface area (Å²) < 4.78 is 23.2. The van der Waals surface area contributed by atoms with E-state index in [2.05, 4.69) is 20.6 Å². The smallest absolute Gasteiger partial charge is 0.274 e. The van der Waals surface area contributed by atoms with E-state index in [1.165, 1.54) is 0 Å². The second-order valence-electron chi connectivity index (χ2n) is 6.72. The van der Waals surface area contributed by atoms with Crippen molar-refractivity contribution in [3.05, 3.63) is 46.8 Å². The number of rotatable bonds is 4. The van der Waals surface area contributed by atoms with E-state index < -0.39 is 9.84 Å². The summed E-state index contributed by atoms with van der Waals surface area (Å²) in [5, 5.41) is 5.87. The van der Waals surface area contributed by atoms with Crippen LogP contribution in [0.2, 0.25) is 0 Å². The number of hydrogen-bond donors (Lipinski definition) is 2. The van der Waals surface area contributed by atoms with E-state index in [1.54, 1.807) is 13.0 Å².